The number of carboxylic acid groups (broad SMARTS) is 1. The van der Waals surface area contributed by atoms with Crippen LogP contribution in [0.25, 0.3) is 21.8 Å². The van der Waals surface area contributed by atoms with Crippen LogP contribution in [-0.2, 0) is 14.1 Å². The third-order valence-electron chi connectivity index (χ3n) is 7.25. The summed E-state index contributed by atoms with van der Waals surface area (Å²) >= 11 is 6.34. The first-order valence-electron chi connectivity index (χ1n) is 15.7. The van der Waals surface area contributed by atoms with Gasteiger partial charge in [0.2, 0.25) is 0 Å². The molecule has 0 saturated carbocycles. The smallest absolute Gasteiger partial charge is 0.342 e. The monoisotopic (exact) mass is 845 g/mol. The number of benzene rings is 5. The Morgan fingerprint density at radius 2 is 1.19 bits per heavy atom. The van der Waals surface area contributed by atoms with Gasteiger partial charge in [0, 0.05) is 45.8 Å². The van der Waals surface area contributed by atoms with Crippen molar-refractivity contribution in [3.8, 4) is 24.2 Å². The van der Waals surface area contributed by atoms with Crippen molar-refractivity contribution in [1.82, 2.24) is 19.1 Å². The fraction of sp³-hybridized carbons (Fsp3) is 0.0488. The van der Waals surface area contributed by atoms with Crippen LogP contribution in [0.1, 0.15) is 27.0 Å². The Balaban J connectivity index is 0.000000169. The van der Waals surface area contributed by atoms with Crippen molar-refractivity contribution in [3.63, 3.8) is 0 Å². The van der Waals surface area contributed by atoms with E-state index in [4.69, 9.17) is 11.5 Å². The number of rotatable bonds is 2. The molecule has 0 spiro atoms. The van der Waals surface area contributed by atoms with E-state index in [2.05, 4.69) is 59.6 Å². The number of nitro benzene ring substituents is 1. The third-order valence-corrected chi connectivity index (χ3v) is 8.24. The minimum Gasteiger partial charge on any atom is -0.477 e. The van der Waals surface area contributed by atoms with E-state index in [0.717, 1.165) is 32.7 Å². The summed E-state index contributed by atoms with van der Waals surface area (Å²) in [6.07, 6.45) is 8.15. The van der Waals surface area contributed by atoms with Crippen molar-refractivity contribution in [2.75, 3.05) is 0 Å². The van der Waals surface area contributed by atoms with Gasteiger partial charge in [0.1, 0.15) is 5.56 Å². The second-order valence-electron chi connectivity index (χ2n) is 11.1. The Bertz CT molecular complexity index is 2680. The van der Waals surface area contributed by atoms with Gasteiger partial charge in [-0.1, -0.05) is 86.0 Å². The minimum atomic E-state index is -1.31. The summed E-state index contributed by atoms with van der Waals surface area (Å²) in [5, 5.41) is 20.2. The molecule has 2 heterocycles. The molecule has 0 unspecified atom stereocenters. The number of halogens is 2. The standard InChI is InChI=1S/C17H12N2O.C9H7BrN2O.C8H6.C7H4BrNO4/c1-19-12-18-16-11-14(9-10-15(16)17(19)20)8-7-13-5-3-2-4-6-13;1-12-5-11-8-4-6(10)2-3-7(8)9(12)13;1-2-8-6-4-3-5-7-8;8-4-1-2-5(7(10)11)6(3-4)9(12)13/h2-6,9-12H,1H3;2-5H,1H3;1,3-7H;1-3H,(H,10,11). The van der Waals surface area contributed by atoms with Gasteiger partial charge in [-0.2, -0.15) is 0 Å². The second-order valence-corrected chi connectivity index (χ2v) is 12.9. The first-order valence-corrected chi connectivity index (χ1v) is 17.3. The molecule has 2 aromatic heterocycles. The molecule has 268 valence electrons. The highest BCUT2D eigenvalue weighted by molar-refractivity contribution is 9.10. The van der Waals surface area contributed by atoms with Gasteiger partial charge in [0.25, 0.3) is 16.8 Å². The maximum absolute atomic E-state index is 11.9. The number of aromatic carboxylic acids is 1. The number of nitro groups is 1. The highest BCUT2D eigenvalue weighted by atomic mass is 79.9. The predicted molar refractivity (Wildman–Crippen MR) is 216 cm³/mol. The lowest BCUT2D eigenvalue weighted by molar-refractivity contribution is -0.385. The number of fused-ring (bicyclic) bond motifs is 2. The summed E-state index contributed by atoms with van der Waals surface area (Å²) in [5.41, 5.74) is 3.36. The first-order chi connectivity index (χ1) is 25.9. The Morgan fingerprint density at radius 1 is 0.704 bits per heavy atom. The Kier molecular flexibility index (Phi) is 14.3. The molecule has 0 fully saturated rings. The molecule has 7 rings (SSSR count). The van der Waals surface area contributed by atoms with E-state index >= 15 is 0 Å². The van der Waals surface area contributed by atoms with Crippen LogP contribution in [0.4, 0.5) is 5.69 Å². The van der Waals surface area contributed by atoms with Gasteiger partial charge in [-0.15, -0.1) is 6.42 Å². The van der Waals surface area contributed by atoms with Crippen LogP contribution in [0, 0.1) is 34.3 Å². The van der Waals surface area contributed by atoms with Crippen LogP contribution in [0.3, 0.4) is 0 Å². The van der Waals surface area contributed by atoms with Gasteiger partial charge in [-0.3, -0.25) is 19.7 Å². The quantitative estimate of drug-likeness (QED) is 0.105. The molecule has 0 saturated heterocycles. The van der Waals surface area contributed by atoms with Crippen LogP contribution in [0.5, 0.6) is 0 Å². The lowest BCUT2D eigenvalue weighted by Crippen LogP contribution is -2.16. The number of hydrogen-bond acceptors (Lipinski definition) is 7. The molecule has 1 N–H and O–H groups in total. The van der Waals surface area contributed by atoms with E-state index < -0.39 is 16.6 Å². The Morgan fingerprint density at radius 3 is 1.70 bits per heavy atom. The van der Waals surface area contributed by atoms with Crippen LogP contribution in [0.2, 0.25) is 0 Å². The van der Waals surface area contributed by atoms with Crippen molar-refractivity contribution in [2.24, 2.45) is 14.1 Å². The highest BCUT2D eigenvalue weighted by Crippen LogP contribution is 2.23. The number of terminal acetylenes is 1. The molecule has 5 aromatic carbocycles. The van der Waals surface area contributed by atoms with Crippen LogP contribution >= 0.6 is 31.9 Å². The number of hydrogen-bond donors (Lipinski definition) is 1. The average molecular weight is 848 g/mol. The maximum Gasteiger partial charge on any atom is 0.342 e. The fourth-order valence-electron chi connectivity index (χ4n) is 4.51. The molecule has 0 bridgehead atoms. The summed E-state index contributed by atoms with van der Waals surface area (Å²) in [7, 11) is 3.38. The third kappa shape index (κ3) is 11.2. The predicted octanol–water partition coefficient (Wildman–Crippen LogP) is 7.75. The lowest BCUT2D eigenvalue weighted by atomic mass is 10.1. The molecule has 0 amide bonds. The van der Waals surface area contributed by atoms with Crippen LogP contribution in [0.15, 0.2) is 146 Å². The number of nitrogens with zero attached hydrogens (tertiary/aromatic N) is 5. The zero-order valence-electron chi connectivity index (χ0n) is 28.7. The highest BCUT2D eigenvalue weighted by Gasteiger charge is 2.19. The Hall–Kier alpha value is -6.67. The minimum absolute atomic E-state index is 0.0162. The molecule has 0 radical (unpaired) electrons. The van der Waals surface area contributed by atoms with E-state index in [1.54, 1.807) is 26.2 Å². The number of aryl methyl sites for hydroxylation is 2. The van der Waals surface area contributed by atoms with Crippen molar-refractivity contribution < 1.29 is 14.8 Å². The van der Waals surface area contributed by atoms with Gasteiger partial charge in [-0.05, 0) is 72.8 Å². The normalized spacial score (nSPS) is 9.76. The first kappa shape index (κ1) is 40.1. The zero-order chi connectivity index (χ0) is 39.2. The van der Waals surface area contributed by atoms with Crippen molar-refractivity contribution >= 4 is 65.3 Å². The number of carboxylic acids is 1. The molecule has 11 nitrogen and oxygen atoms in total. The summed E-state index contributed by atoms with van der Waals surface area (Å²) < 4.78 is 4.35. The van der Waals surface area contributed by atoms with Crippen molar-refractivity contribution in [1.29, 1.82) is 0 Å². The summed E-state index contributed by atoms with van der Waals surface area (Å²) in [6.45, 7) is 0. The van der Waals surface area contributed by atoms with Gasteiger partial charge in [-0.25, -0.2) is 14.8 Å². The maximum atomic E-state index is 11.9. The molecule has 0 aliphatic carbocycles. The van der Waals surface area contributed by atoms with Gasteiger partial charge < -0.3 is 14.2 Å². The molecule has 7 aromatic rings. The molecule has 0 aliphatic rings. The molecule has 13 heteroatoms. The summed E-state index contributed by atoms with van der Waals surface area (Å²) in [5.74, 6) is 7.40. The molecule has 0 atom stereocenters. The van der Waals surface area contributed by atoms with E-state index in [0.29, 0.717) is 20.8 Å². The Labute approximate surface area is 326 Å². The number of carbonyl (C=O) groups is 1. The molecular weight excluding hydrogens is 818 g/mol. The average Bonchev–Trinajstić information content (AvgIpc) is 3.18. The van der Waals surface area contributed by atoms with E-state index in [1.165, 1.54) is 33.9 Å². The van der Waals surface area contributed by atoms with Crippen LogP contribution in [-0.4, -0.2) is 35.1 Å². The number of aromatic nitrogens is 4. The zero-order valence-corrected chi connectivity index (χ0v) is 31.9. The second kappa shape index (κ2) is 19.2. The summed E-state index contributed by atoms with van der Waals surface area (Å²) in [4.78, 5) is 52.0. The van der Waals surface area contributed by atoms with Gasteiger partial charge in [0.15, 0.2) is 0 Å². The lowest BCUT2D eigenvalue weighted by Gasteiger charge is -2.00. The van der Waals surface area contributed by atoms with E-state index in [1.807, 2.05) is 84.9 Å². The fourth-order valence-corrected chi connectivity index (χ4v) is 5.21. The van der Waals surface area contributed by atoms with Gasteiger partial charge in [0.05, 0.1) is 39.4 Å². The van der Waals surface area contributed by atoms with Crippen molar-refractivity contribution in [2.45, 2.75) is 0 Å². The molecule has 0 aliphatic heterocycles. The molecular formula is C41H29Br2N5O6. The topological polar surface area (TPSA) is 150 Å². The SMILES string of the molecule is C#Cc1ccccc1.Cn1cnc2cc(Br)ccc2c1=O.Cn1cnc2cc(C#Cc3ccccc3)ccc2c1=O.O=C(O)c1ccc(Br)cc1[N+](=O)[O-]. The van der Waals surface area contributed by atoms with Crippen LogP contribution < -0.4 is 11.1 Å². The van der Waals surface area contributed by atoms with Gasteiger partial charge >= 0.3 is 5.97 Å². The van der Waals surface area contributed by atoms with E-state index in [-0.39, 0.29) is 16.7 Å². The molecule has 54 heavy (non-hydrogen) atoms. The van der Waals surface area contributed by atoms with E-state index in [9.17, 15) is 24.5 Å². The summed E-state index contributed by atoms with van der Waals surface area (Å²) in [6, 6.07) is 34.1. The van der Waals surface area contributed by atoms with Crippen molar-refractivity contribution in [3.05, 3.63) is 190 Å². The largest absolute Gasteiger partial charge is 0.477 e.